The number of rotatable bonds is 2. The van der Waals surface area contributed by atoms with E-state index in [4.69, 9.17) is 0 Å². The molecule has 0 atom stereocenters. The molecule has 1 saturated heterocycles. The van der Waals surface area contributed by atoms with Crippen molar-refractivity contribution in [2.24, 2.45) is 0 Å². The summed E-state index contributed by atoms with van der Waals surface area (Å²) in [7, 11) is 0. The second-order valence-electron chi connectivity index (χ2n) is 5.81. The van der Waals surface area contributed by atoms with E-state index in [9.17, 15) is 9.59 Å². The van der Waals surface area contributed by atoms with Crippen LogP contribution in [0.5, 0.6) is 0 Å². The zero-order chi connectivity index (χ0) is 15.8. The molecule has 118 valence electrons. The van der Waals surface area contributed by atoms with Gasteiger partial charge in [0.1, 0.15) is 0 Å². The third-order valence-electron chi connectivity index (χ3n) is 4.29. The number of nitrogens with one attached hydrogen (secondary N) is 2. The lowest BCUT2D eigenvalue weighted by Crippen LogP contribution is -2.29. The van der Waals surface area contributed by atoms with Gasteiger partial charge < -0.3 is 5.32 Å². The van der Waals surface area contributed by atoms with Crippen LogP contribution < -0.4 is 16.6 Å². The molecule has 7 heteroatoms. The number of nitrogens with zero attached hydrogens (tertiary/aromatic N) is 3. The van der Waals surface area contributed by atoms with Gasteiger partial charge in [-0.2, -0.15) is 5.10 Å². The first kappa shape index (κ1) is 14.0. The minimum absolute atomic E-state index is 0.397. The minimum atomic E-state index is -0.442. The lowest BCUT2D eigenvalue weighted by molar-refractivity contribution is 0.345. The van der Waals surface area contributed by atoms with Crippen molar-refractivity contribution in [3.8, 4) is 5.69 Å². The van der Waals surface area contributed by atoms with Gasteiger partial charge in [-0.1, -0.05) is 0 Å². The number of benzene rings is 1. The molecule has 0 amide bonds. The third-order valence-corrected chi connectivity index (χ3v) is 4.29. The average molecular weight is 311 g/mol. The van der Waals surface area contributed by atoms with Crippen molar-refractivity contribution in [3.05, 3.63) is 57.5 Å². The number of H-pyrrole nitrogens is 1. The van der Waals surface area contributed by atoms with Gasteiger partial charge in [-0.05, 0) is 44.1 Å². The van der Waals surface area contributed by atoms with E-state index in [1.54, 1.807) is 0 Å². The number of aromatic nitrogens is 4. The molecule has 0 aliphatic carbocycles. The molecule has 7 nitrogen and oxygen atoms in total. The molecule has 4 rings (SSSR count). The van der Waals surface area contributed by atoms with E-state index < -0.39 is 11.2 Å². The molecule has 0 unspecified atom stereocenters. The zero-order valence-electron chi connectivity index (χ0n) is 12.5. The quantitative estimate of drug-likeness (QED) is 0.733. The van der Waals surface area contributed by atoms with Crippen molar-refractivity contribution >= 4 is 10.9 Å². The molecule has 1 aromatic carbocycles. The maximum absolute atomic E-state index is 11.9. The Morgan fingerprint density at radius 1 is 1.13 bits per heavy atom. The molecular weight excluding hydrogens is 294 g/mol. The van der Waals surface area contributed by atoms with E-state index in [1.807, 2.05) is 29.1 Å². The summed E-state index contributed by atoms with van der Waals surface area (Å²) in [5, 5.41) is 8.99. The first-order chi connectivity index (χ1) is 11.2. The first-order valence-corrected chi connectivity index (χ1v) is 7.73. The van der Waals surface area contributed by atoms with Gasteiger partial charge >= 0.3 is 5.69 Å². The number of hydrogen-bond acceptors (Lipinski definition) is 4. The summed E-state index contributed by atoms with van der Waals surface area (Å²) in [6, 6.07) is 7.41. The fourth-order valence-electron chi connectivity index (χ4n) is 3.06. The van der Waals surface area contributed by atoms with E-state index in [0.717, 1.165) is 36.8 Å². The van der Waals surface area contributed by atoms with Gasteiger partial charge in [0.2, 0.25) is 0 Å². The van der Waals surface area contributed by atoms with Crippen LogP contribution >= 0.6 is 0 Å². The van der Waals surface area contributed by atoms with Gasteiger partial charge in [0.25, 0.3) is 5.56 Å². The summed E-state index contributed by atoms with van der Waals surface area (Å²) in [4.78, 5) is 25.4. The van der Waals surface area contributed by atoms with E-state index in [-0.39, 0.29) is 0 Å². The summed E-state index contributed by atoms with van der Waals surface area (Å²) in [5.41, 5.74) is 0.780. The summed E-state index contributed by atoms with van der Waals surface area (Å²) in [6.45, 7) is 2.03. The lowest BCUT2D eigenvalue weighted by atomic mass is 10.1. The van der Waals surface area contributed by atoms with E-state index >= 15 is 0 Å². The van der Waals surface area contributed by atoms with Gasteiger partial charge in [0, 0.05) is 23.8 Å². The Labute approximate surface area is 131 Å². The largest absolute Gasteiger partial charge is 0.332 e. The smallest absolute Gasteiger partial charge is 0.317 e. The highest BCUT2D eigenvalue weighted by Gasteiger charge is 2.16. The van der Waals surface area contributed by atoms with Crippen LogP contribution in [-0.4, -0.2) is 32.4 Å². The Kier molecular flexibility index (Phi) is 3.34. The second kappa shape index (κ2) is 5.51. The highest BCUT2D eigenvalue weighted by molar-refractivity contribution is 5.80. The molecule has 3 heterocycles. The number of hydrogen-bond donors (Lipinski definition) is 2. The van der Waals surface area contributed by atoms with Crippen LogP contribution in [0.1, 0.15) is 18.9 Å². The van der Waals surface area contributed by atoms with Crippen molar-refractivity contribution in [2.75, 3.05) is 13.1 Å². The minimum Gasteiger partial charge on any atom is -0.317 e. The van der Waals surface area contributed by atoms with Crippen LogP contribution in [0, 0.1) is 0 Å². The van der Waals surface area contributed by atoms with Crippen molar-refractivity contribution in [1.82, 2.24) is 24.6 Å². The maximum atomic E-state index is 11.9. The standard InChI is InChI=1S/C16H17N5O2/c22-15-5-8-20(16(23)18-15)13-1-2-14-11(9-13)10-21(19-14)12-3-6-17-7-4-12/h1-2,5,8-10,12,17H,3-4,6-7H2,(H,18,22,23). The van der Waals surface area contributed by atoms with Gasteiger partial charge in [0.05, 0.1) is 17.2 Å². The van der Waals surface area contributed by atoms with Gasteiger partial charge in [-0.3, -0.25) is 19.0 Å². The van der Waals surface area contributed by atoms with Gasteiger partial charge in [-0.15, -0.1) is 0 Å². The highest BCUT2D eigenvalue weighted by atomic mass is 16.2. The van der Waals surface area contributed by atoms with Crippen molar-refractivity contribution < 1.29 is 0 Å². The fourth-order valence-corrected chi connectivity index (χ4v) is 3.06. The van der Waals surface area contributed by atoms with E-state index in [0.29, 0.717) is 11.7 Å². The molecule has 0 bridgehead atoms. The van der Waals surface area contributed by atoms with E-state index in [1.165, 1.54) is 16.8 Å². The fraction of sp³-hybridized carbons (Fsp3) is 0.312. The van der Waals surface area contributed by atoms with E-state index in [2.05, 4.69) is 15.4 Å². The van der Waals surface area contributed by atoms with Crippen LogP contribution in [0.15, 0.2) is 46.2 Å². The number of fused-ring (bicyclic) bond motifs is 1. The summed E-state index contributed by atoms with van der Waals surface area (Å²) < 4.78 is 3.45. The maximum Gasteiger partial charge on any atom is 0.332 e. The van der Waals surface area contributed by atoms with Crippen LogP contribution in [0.25, 0.3) is 16.6 Å². The molecule has 0 saturated carbocycles. The second-order valence-corrected chi connectivity index (χ2v) is 5.81. The Morgan fingerprint density at radius 2 is 1.96 bits per heavy atom. The molecule has 2 aromatic heterocycles. The number of piperidine rings is 1. The summed E-state index contributed by atoms with van der Waals surface area (Å²) in [5.74, 6) is 0. The molecule has 0 radical (unpaired) electrons. The molecule has 1 aliphatic heterocycles. The first-order valence-electron chi connectivity index (χ1n) is 7.73. The SMILES string of the molecule is O=c1ccn(-c2ccc3nn(C4CCNCC4)cc3c2)c(=O)[nH]1. The lowest BCUT2D eigenvalue weighted by Gasteiger charge is -2.22. The van der Waals surface area contributed by atoms with Crippen molar-refractivity contribution in [1.29, 1.82) is 0 Å². The predicted octanol–water partition coefficient (Wildman–Crippen LogP) is 0.800. The Morgan fingerprint density at radius 3 is 2.74 bits per heavy atom. The molecule has 1 fully saturated rings. The highest BCUT2D eigenvalue weighted by Crippen LogP contribution is 2.22. The Hall–Kier alpha value is -2.67. The monoisotopic (exact) mass is 311 g/mol. The molecule has 3 aromatic rings. The predicted molar refractivity (Wildman–Crippen MR) is 87.1 cm³/mol. The summed E-state index contributed by atoms with van der Waals surface area (Å²) >= 11 is 0. The van der Waals surface area contributed by atoms with Crippen LogP contribution in [0.4, 0.5) is 0 Å². The Bertz CT molecular complexity index is 962. The van der Waals surface area contributed by atoms with Crippen LogP contribution in [-0.2, 0) is 0 Å². The molecule has 0 spiro atoms. The van der Waals surface area contributed by atoms with Crippen molar-refractivity contribution in [3.63, 3.8) is 0 Å². The van der Waals surface area contributed by atoms with Gasteiger partial charge in [-0.25, -0.2) is 4.79 Å². The molecular formula is C16H17N5O2. The molecule has 1 aliphatic rings. The van der Waals surface area contributed by atoms with Crippen molar-refractivity contribution in [2.45, 2.75) is 18.9 Å². The normalized spacial score (nSPS) is 16.0. The number of aromatic amines is 1. The zero-order valence-corrected chi connectivity index (χ0v) is 12.5. The van der Waals surface area contributed by atoms with Crippen LogP contribution in [0.3, 0.4) is 0 Å². The van der Waals surface area contributed by atoms with Gasteiger partial charge in [0.15, 0.2) is 0 Å². The van der Waals surface area contributed by atoms with Crippen LogP contribution in [0.2, 0.25) is 0 Å². The average Bonchev–Trinajstić information content (AvgIpc) is 2.99. The summed E-state index contributed by atoms with van der Waals surface area (Å²) in [6.07, 6.45) is 5.66. The Balaban J connectivity index is 1.75. The molecule has 23 heavy (non-hydrogen) atoms. The topological polar surface area (TPSA) is 84.7 Å². The third kappa shape index (κ3) is 2.59. The molecule has 2 N–H and O–H groups in total.